The fraction of sp³-hybridized carbons (Fsp3) is 1.00. The number of aliphatic hydroxyl groups excluding tert-OH is 1. The van der Waals surface area contributed by atoms with Crippen molar-refractivity contribution in [2.24, 2.45) is 5.92 Å². The summed E-state index contributed by atoms with van der Waals surface area (Å²) < 4.78 is 5.30. The van der Waals surface area contributed by atoms with Gasteiger partial charge in [0.2, 0.25) is 0 Å². The Labute approximate surface area is 55.8 Å². The van der Waals surface area contributed by atoms with E-state index in [1.54, 1.807) is 0 Å². The van der Waals surface area contributed by atoms with E-state index in [1.165, 1.54) is 0 Å². The van der Waals surface area contributed by atoms with Crippen molar-refractivity contribution in [1.29, 1.82) is 0 Å². The van der Waals surface area contributed by atoms with Gasteiger partial charge in [-0.2, -0.15) is 0 Å². The molecule has 0 aromatic rings. The molecular formula is C7H14O2. The molecule has 0 aliphatic carbocycles. The van der Waals surface area contributed by atoms with Crippen molar-refractivity contribution in [1.82, 2.24) is 0 Å². The SMILES string of the molecule is CCC1OC(CO)[C@@H]1C. The number of rotatable bonds is 2. The summed E-state index contributed by atoms with van der Waals surface area (Å²) in [4.78, 5) is 0. The third kappa shape index (κ3) is 1.10. The highest BCUT2D eigenvalue weighted by Gasteiger charge is 2.36. The second kappa shape index (κ2) is 2.67. The van der Waals surface area contributed by atoms with E-state index in [0.717, 1.165) is 6.42 Å². The van der Waals surface area contributed by atoms with Crippen LogP contribution in [0.25, 0.3) is 0 Å². The molecule has 0 amide bonds. The monoisotopic (exact) mass is 130 g/mol. The molecule has 0 bridgehead atoms. The second-order valence-corrected chi connectivity index (χ2v) is 2.66. The van der Waals surface area contributed by atoms with Gasteiger partial charge in [-0.15, -0.1) is 0 Å². The summed E-state index contributed by atoms with van der Waals surface area (Å²) in [5.41, 5.74) is 0. The van der Waals surface area contributed by atoms with Crippen LogP contribution in [-0.2, 0) is 4.74 Å². The Morgan fingerprint density at radius 3 is 2.44 bits per heavy atom. The van der Waals surface area contributed by atoms with Crippen molar-refractivity contribution >= 4 is 0 Å². The summed E-state index contributed by atoms with van der Waals surface area (Å²) in [5.74, 6) is 0.556. The molecule has 1 N–H and O–H groups in total. The molecule has 0 spiro atoms. The third-order valence-corrected chi connectivity index (χ3v) is 2.10. The zero-order valence-corrected chi connectivity index (χ0v) is 6.00. The van der Waals surface area contributed by atoms with Crippen LogP contribution in [0.4, 0.5) is 0 Å². The lowest BCUT2D eigenvalue weighted by Gasteiger charge is -2.41. The van der Waals surface area contributed by atoms with Crippen molar-refractivity contribution in [3.63, 3.8) is 0 Å². The summed E-state index contributed by atoms with van der Waals surface area (Å²) >= 11 is 0. The largest absolute Gasteiger partial charge is 0.394 e. The fourth-order valence-electron chi connectivity index (χ4n) is 1.30. The maximum Gasteiger partial charge on any atom is 0.0859 e. The van der Waals surface area contributed by atoms with Crippen molar-refractivity contribution in [2.75, 3.05) is 6.61 Å². The van der Waals surface area contributed by atoms with Gasteiger partial charge in [0.25, 0.3) is 0 Å². The standard InChI is InChI=1S/C7H14O2/c1-3-6-5(2)7(4-8)9-6/h5-8H,3-4H2,1-2H3/t5-,6?,7?/m1/s1. The molecule has 9 heavy (non-hydrogen) atoms. The molecule has 0 saturated carbocycles. The van der Waals surface area contributed by atoms with E-state index in [9.17, 15) is 0 Å². The molecule has 2 heteroatoms. The zero-order valence-electron chi connectivity index (χ0n) is 6.00. The Kier molecular flexibility index (Phi) is 2.09. The lowest BCUT2D eigenvalue weighted by atomic mass is 9.90. The molecule has 1 rings (SSSR count). The Bertz CT molecular complexity index is 82.9. The van der Waals surface area contributed by atoms with Gasteiger partial charge in [-0.3, -0.25) is 0 Å². The zero-order chi connectivity index (χ0) is 6.85. The van der Waals surface area contributed by atoms with Crippen LogP contribution in [0.5, 0.6) is 0 Å². The summed E-state index contributed by atoms with van der Waals surface area (Å²) in [6.07, 6.45) is 1.59. The Morgan fingerprint density at radius 1 is 1.44 bits per heavy atom. The number of hydrogen-bond acceptors (Lipinski definition) is 2. The summed E-state index contributed by atoms with van der Waals surface area (Å²) in [5, 5.41) is 8.64. The topological polar surface area (TPSA) is 29.5 Å². The minimum Gasteiger partial charge on any atom is -0.394 e. The Morgan fingerprint density at radius 2 is 2.11 bits per heavy atom. The average Bonchev–Trinajstić information content (AvgIpc) is 1.87. The molecule has 0 radical (unpaired) electrons. The third-order valence-electron chi connectivity index (χ3n) is 2.10. The van der Waals surface area contributed by atoms with E-state index in [1.807, 2.05) is 0 Å². The summed E-state index contributed by atoms with van der Waals surface area (Å²) in [6, 6.07) is 0. The average molecular weight is 130 g/mol. The van der Waals surface area contributed by atoms with Crippen LogP contribution < -0.4 is 0 Å². The molecule has 1 heterocycles. The molecular weight excluding hydrogens is 116 g/mol. The quantitative estimate of drug-likeness (QED) is 0.599. The first kappa shape index (κ1) is 7.03. The predicted molar refractivity (Wildman–Crippen MR) is 35.2 cm³/mol. The first-order valence-electron chi connectivity index (χ1n) is 3.56. The number of ether oxygens (including phenoxy) is 1. The van der Waals surface area contributed by atoms with Gasteiger partial charge in [-0.05, 0) is 6.42 Å². The minimum absolute atomic E-state index is 0.120. The van der Waals surface area contributed by atoms with Gasteiger partial charge in [-0.1, -0.05) is 13.8 Å². The highest BCUT2D eigenvalue weighted by molar-refractivity contribution is 4.83. The first-order valence-corrected chi connectivity index (χ1v) is 3.56. The summed E-state index contributed by atoms with van der Waals surface area (Å²) in [7, 11) is 0. The molecule has 54 valence electrons. The van der Waals surface area contributed by atoms with Crippen LogP contribution in [0.15, 0.2) is 0 Å². The van der Waals surface area contributed by atoms with E-state index in [4.69, 9.17) is 9.84 Å². The van der Waals surface area contributed by atoms with Gasteiger partial charge in [-0.25, -0.2) is 0 Å². The highest BCUT2D eigenvalue weighted by Crippen LogP contribution is 2.29. The predicted octanol–water partition coefficient (Wildman–Crippen LogP) is 0.792. The number of hydrogen-bond donors (Lipinski definition) is 1. The van der Waals surface area contributed by atoms with E-state index in [-0.39, 0.29) is 12.7 Å². The van der Waals surface area contributed by atoms with Gasteiger partial charge in [0.1, 0.15) is 0 Å². The van der Waals surface area contributed by atoms with Crippen molar-refractivity contribution in [3.8, 4) is 0 Å². The van der Waals surface area contributed by atoms with Crippen molar-refractivity contribution < 1.29 is 9.84 Å². The van der Waals surface area contributed by atoms with Crippen molar-refractivity contribution in [2.45, 2.75) is 32.5 Å². The van der Waals surface area contributed by atoms with Crippen LogP contribution >= 0.6 is 0 Å². The van der Waals surface area contributed by atoms with Crippen LogP contribution in [0, 0.1) is 5.92 Å². The molecule has 1 fully saturated rings. The second-order valence-electron chi connectivity index (χ2n) is 2.66. The van der Waals surface area contributed by atoms with Gasteiger partial charge in [0.15, 0.2) is 0 Å². The van der Waals surface area contributed by atoms with E-state index in [2.05, 4.69) is 13.8 Å². The normalized spacial score (nSPS) is 42.3. The molecule has 1 saturated heterocycles. The molecule has 2 unspecified atom stereocenters. The van der Waals surface area contributed by atoms with Crippen LogP contribution in [0.1, 0.15) is 20.3 Å². The van der Waals surface area contributed by atoms with E-state index >= 15 is 0 Å². The van der Waals surface area contributed by atoms with Crippen LogP contribution in [0.2, 0.25) is 0 Å². The molecule has 2 nitrogen and oxygen atoms in total. The molecule has 1 aliphatic heterocycles. The first-order chi connectivity index (χ1) is 4.29. The van der Waals surface area contributed by atoms with Crippen LogP contribution in [-0.4, -0.2) is 23.9 Å². The van der Waals surface area contributed by atoms with Gasteiger partial charge in [0.05, 0.1) is 18.8 Å². The van der Waals surface area contributed by atoms with Gasteiger partial charge in [0, 0.05) is 5.92 Å². The maximum absolute atomic E-state index is 8.64. The highest BCUT2D eigenvalue weighted by atomic mass is 16.5. The van der Waals surface area contributed by atoms with E-state index < -0.39 is 0 Å². The van der Waals surface area contributed by atoms with E-state index in [0.29, 0.717) is 12.0 Å². The minimum atomic E-state index is 0.120. The smallest absolute Gasteiger partial charge is 0.0859 e. The Hall–Kier alpha value is -0.0800. The maximum atomic E-state index is 8.64. The fourth-order valence-corrected chi connectivity index (χ4v) is 1.30. The molecule has 3 atom stereocenters. The summed E-state index contributed by atoms with van der Waals surface area (Å²) in [6.45, 7) is 4.41. The molecule has 1 aliphatic rings. The van der Waals surface area contributed by atoms with Gasteiger partial charge >= 0.3 is 0 Å². The Balaban J connectivity index is 2.24. The number of aliphatic hydroxyl groups is 1. The van der Waals surface area contributed by atoms with Crippen LogP contribution in [0.3, 0.4) is 0 Å². The lowest BCUT2D eigenvalue weighted by molar-refractivity contribution is -0.191. The molecule has 0 aromatic heterocycles. The van der Waals surface area contributed by atoms with Gasteiger partial charge < -0.3 is 9.84 Å². The lowest BCUT2D eigenvalue weighted by Crippen LogP contribution is -2.48. The van der Waals surface area contributed by atoms with Crippen molar-refractivity contribution in [3.05, 3.63) is 0 Å². The molecule has 0 aromatic carbocycles.